The number of aliphatic hydroxyl groups is 1. The minimum absolute atomic E-state index is 0.0802. The molecule has 0 fully saturated rings. The van der Waals surface area contributed by atoms with Crippen molar-refractivity contribution in [1.82, 2.24) is 4.90 Å². The van der Waals surface area contributed by atoms with Gasteiger partial charge >= 0.3 is 0 Å². The fourth-order valence-electron chi connectivity index (χ4n) is 1.69. The van der Waals surface area contributed by atoms with Crippen LogP contribution in [0.2, 0.25) is 0 Å². The van der Waals surface area contributed by atoms with Crippen molar-refractivity contribution in [2.24, 2.45) is 0 Å². The average molecular weight is 253 g/mol. The Kier molecular flexibility index (Phi) is 7.41. The Morgan fingerprint density at radius 2 is 2.00 bits per heavy atom. The molecule has 1 N–H and O–H groups in total. The zero-order chi connectivity index (χ0) is 13.2. The number of para-hydroxylation sites is 1. The third kappa shape index (κ3) is 5.49. The predicted octanol–water partition coefficient (Wildman–Crippen LogP) is 1.53. The maximum atomic E-state index is 8.61. The van der Waals surface area contributed by atoms with Crippen LogP contribution in [0.3, 0.4) is 0 Å². The Balaban J connectivity index is 2.40. The van der Waals surface area contributed by atoms with Crippen LogP contribution in [0.4, 0.5) is 0 Å². The fourth-order valence-corrected chi connectivity index (χ4v) is 1.69. The molecule has 0 heterocycles. The molecule has 0 aliphatic carbocycles. The molecule has 4 heteroatoms. The lowest BCUT2D eigenvalue weighted by Crippen LogP contribution is -2.23. The smallest absolute Gasteiger partial charge is 0.123 e. The molecule has 0 bridgehead atoms. The quantitative estimate of drug-likeness (QED) is 0.678. The summed E-state index contributed by atoms with van der Waals surface area (Å²) in [6.45, 7) is 5.46. The Hall–Kier alpha value is -1.10. The van der Waals surface area contributed by atoms with Crippen LogP contribution >= 0.6 is 0 Å². The largest absolute Gasteiger partial charge is 0.494 e. The highest BCUT2D eigenvalue weighted by atomic mass is 16.5. The molecule has 102 valence electrons. The van der Waals surface area contributed by atoms with Gasteiger partial charge in [0.2, 0.25) is 0 Å². The molecule has 0 amide bonds. The van der Waals surface area contributed by atoms with Crippen molar-refractivity contribution in [2.75, 3.05) is 40.0 Å². The number of rotatable bonds is 9. The first-order valence-electron chi connectivity index (χ1n) is 6.35. The van der Waals surface area contributed by atoms with Crippen molar-refractivity contribution in [3.63, 3.8) is 0 Å². The van der Waals surface area contributed by atoms with Crippen molar-refractivity contribution < 1.29 is 14.6 Å². The van der Waals surface area contributed by atoms with E-state index < -0.39 is 0 Å². The predicted molar refractivity (Wildman–Crippen MR) is 71.8 cm³/mol. The summed E-state index contributed by atoms with van der Waals surface area (Å²) in [6, 6.07) is 8.08. The van der Waals surface area contributed by atoms with E-state index >= 15 is 0 Å². The molecule has 4 nitrogen and oxygen atoms in total. The second kappa shape index (κ2) is 8.91. The number of likely N-dealkylation sites (N-methyl/N-ethyl adjacent to an activating group) is 1. The molecule has 0 spiro atoms. The molecule has 0 aliphatic rings. The Labute approximate surface area is 109 Å². The molecule has 1 aromatic rings. The molecule has 0 unspecified atom stereocenters. The van der Waals surface area contributed by atoms with Gasteiger partial charge in [0, 0.05) is 18.7 Å². The first-order valence-corrected chi connectivity index (χ1v) is 6.35. The minimum atomic E-state index is 0.0802. The Morgan fingerprint density at radius 1 is 1.22 bits per heavy atom. The summed E-state index contributed by atoms with van der Waals surface area (Å²) in [5, 5.41) is 8.61. The van der Waals surface area contributed by atoms with Gasteiger partial charge in [-0.3, -0.25) is 4.90 Å². The van der Waals surface area contributed by atoms with Crippen molar-refractivity contribution in [3.05, 3.63) is 29.8 Å². The van der Waals surface area contributed by atoms with Gasteiger partial charge in [0.1, 0.15) is 5.75 Å². The molecule has 0 atom stereocenters. The lowest BCUT2D eigenvalue weighted by atomic mass is 10.2. The molecule has 1 aromatic carbocycles. The van der Waals surface area contributed by atoms with Gasteiger partial charge in [-0.25, -0.2) is 0 Å². The first kappa shape index (κ1) is 15.0. The van der Waals surface area contributed by atoms with Crippen LogP contribution in [0.1, 0.15) is 12.5 Å². The number of ether oxygens (including phenoxy) is 2. The maximum Gasteiger partial charge on any atom is 0.123 e. The molecule has 0 saturated heterocycles. The summed E-state index contributed by atoms with van der Waals surface area (Å²) in [4.78, 5) is 2.18. The van der Waals surface area contributed by atoms with Crippen LogP contribution in [-0.2, 0) is 11.3 Å². The van der Waals surface area contributed by atoms with Crippen molar-refractivity contribution in [1.29, 1.82) is 0 Å². The Bertz CT molecular complexity index is 331. The van der Waals surface area contributed by atoms with Crippen molar-refractivity contribution in [2.45, 2.75) is 13.5 Å². The van der Waals surface area contributed by atoms with Gasteiger partial charge in [0.15, 0.2) is 0 Å². The SMILES string of the molecule is CCOc1ccccc1CN(C)CCOCCO. The van der Waals surface area contributed by atoms with Gasteiger partial charge in [-0.2, -0.15) is 0 Å². The summed E-state index contributed by atoms with van der Waals surface area (Å²) < 4.78 is 10.8. The van der Waals surface area contributed by atoms with Crippen LogP contribution in [-0.4, -0.2) is 50.0 Å². The number of hydrogen-bond acceptors (Lipinski definition) is 4. The zero-order valence-electron chi connectivity index (χ0n) is 11.3. The highest BCUT2D eigenvalue weighted by molar-refractivity contribution is 5.33. The minimum Gasteiger partial charge on any atom is -0.494 e. The summed E-state index contributed by atoms with van der Waals surface area (Å²) >= 11 is 0. The second-order valence-corrected chi connectivity index (χ2v) is 4.11. The average Bonchev–Trinajstić information content (AvgIpc) is 2.37. The van der Waals surface area contributed by atoms with Crippen molar-refractivity contribution >= 4 is 0 Å². The van der Waals surface area contributed by atoms with Crippen molar-refractivity contribution in [3.8, 4) is 5.75 Å². The van der Waals surface area contributed by atoms with E-state index in [4.69, 9.17) is 14.6 Å². The van der Waals surface area contributed by atoms with Gasteiger partial charge in [-0.15, -0.1) is 0 Å². The van der Waals surface area contributed by atoms with Gasteiger partial charge in [0.25, 0.3) is 0 Å². The van der Waals surface area contributed by atoms with Crippen LogP contribution in [0.25, 0.3) is 0 Å². The van der Waals surface area contributed by atoms with Crippen LogP contribution in [0.15, 0.2) is 24.3 Å². The van der Waals surface area contributed by atoms with E-state index in [2.05, 4.69) is 11.0 Å². The number of aliphatic hydroxyl groups excluding tert-OH is 1. The Morgan fingerprint density at radius 3 is 2.72 bits per heavy atom. The van der Waals surface area contributed by atoms with E-state index in [-0.39, 0.29) is 6.61 Å². The number of nitrogens with zero attached hydrogens (tertiary/aromatic N) is 1. The zero-order valence-corrected chi connectivity index (χ0v) is 11.3. The molecule has 0 radical (unpaired) electrons. The maximum absolute atomic E-state index is 8.61. The lowest BCUT2D eigenvalue weighted by molar-refractivity contribution is 0.0771. The molecule has 18 heavy (non-hydrogen) atoms. The fraction of sp³-hybridized carbons (Fsp3) is 0.571. The van der Waals surface area contributed by atoms with Crippen LogP contribution in [0.5, 0.6) is 5.75 Å². The molecular weight excluding hydrogens is 230 g/mol. The van der Waals surface area contributed by atoms with Gasteiger partial charge in [0.05, 0.1) is 26.4 Å². The summed E-state index contributed by atoms with van der Waals surface area (Å²) in [5.41, 5.74) is 1.18. The molecule has 0 aromatic heterocycles. The summed E-state index contributed by atoms with van der Waals surface area (Å²) in [5.74, 6) is 0.947. The van der Waals surface area contributed by atoms with Crippen LogP contribution in [0, 0.1) is 0 Å². The number of hydrogen-bond donors (Lipinski definition) is 1. The summed E-state index contributed by atoms with van der Waals surface area (Å²) in [6.07, 6.45) is 0. The third-order valence-corrected chi connectivity index (χ3v) is 2.57. The normalized spacial score (nSPS) is 10.9. The highest BCUT2D eigenvalue weighted by Gasteiger charge is 2.05. The monoisotopic (exact) mass is 253 g/mol. The van der Waals surface area contributed by atoms with E-state index in [9.17, 15) is 0 Å². The third-order valence-electron chi connectivity index (χ3n) is 2.57. The molecule has 0 saturated carbocycles. The van der Waals surface area contributed by atoms with Gasteiger partial charge in [-0.05, 0) is 20.0 Å². The van der Waals surface area contributed by atoms with E-state index in [0.29, 0.717) is 19.8 Å². The topological polar surface area (TPSA) is 41.9 Å². The first-order chi connectivity index (χ1) is 8.77. The standard InChI is InChI=1S/C14H23NO3/c1-3-18-14-7-5-4-6-13(14)12-15(2)8-10-17-11-9-16/h4-7,16H,3,8-12H2,1-2H3. The van der Waals surface area contributed by atoms with E-state index in [1.165, 1.54) is 5.56 Å². The van der Waals surface area contributed by atoms with Gasteiger partial charge in [-0.1, -0.05) is 18.2 Å². The van der Waals surface area contributed by atoms with Gasteiger partial charge < -0.3 is 14.6 Å². The molecule has 0 aliphatic heterocycles. The lowest BCUT2D eigenvalue weighted by Gasteiger charge is -2.18. The van der Waals surface area contributed by atoms with E-state index in [0.717, 1.165) is 18.8 Å². The summed E-state index contributed by atoms with van der Waals surface area (Å²) in [7, 11) is 2.05. The molecular formula is C14H23NO3. The molecule has 1 rings (SSSR count). The second-order valence-electron chi connectivity index (χ2n) is 4.11. The van der Waals surface area contributed by atoms with Crippen LogP contribution < -0.4 is 4.74 Å². The highest BCUT2D eigenvalue weighted by Crippen LogP contribution is 2.19. The number of benzene rings is 1. The van der Waals surface area contributed by atoms with E-state index in [1.54, 1.807) is 0 Å². The van der Waals surface area contributed by atoms with E-state index in [1.807, 2.05) is 32.2 Å².